The summed E-state index contributed by atoms with van der Waals surface area (Å²) in [6.07, 6.45) is 0.672. The number of carboxylic acid groups (broad SMARTS) is 1. The van der Waals surface area contributed by atoms with Crippen LogP contribution in [0.4, 0.5) is 0 Å². The van der Waals surface area contributed by atoms with Gasteiger partial charge in [-0.25, -0.2) is 0 Å². The molecule has 1 aromatic rings. The third-order valence-corrected chi connectivity index (χ3v) is 3.30. The van der Waals surface area contributed by atoms with Crippen molar-refractivity contribution in [3.63, 3.8) is 0 Å². The number of hydrogen-bond donors (Lipinski definition) is 2. The molecule has 1 heterocycles. The fourth-order valence-corrected chi connectivity index (χ4v) is 2.47. The van der Waals surface area contributed by atoms with Crippen molar-refractivity contribution < 1.29 is 24.2 Å². The van der Waals surface area contributed by atoms with E-state index in [0.29, 0.717) is 11.5 Å². The van der Waals surface area contributed by atoms with Gasteiger partial charge in [0.05, 0.1) is 6.42 Å². The van der Waals surface area contributed by atoms with Gasteiger partial charge in [-0.05, 0) is 26.8 Å². The Morgan fingerprint density at radius 1 is 1.45 bits per heavy atom. The Bertz CT molecular complexity index is 582. The Morgan fingerprint density at radius 3 is 2.86 bits per heavy atom. The van der Waals surface area contributed by atoms with Crippen LogP contribution < -0.4 is 14.8 Å². The SMILES string of the molecule is CC(CC(=O)O)NC(=O)COc1cccc2c1OC(C)(C)C2. The summed E-state index contributed by atoms with van der Waals surface area (Å²) in [6.45, 7) is 5.45. The average Bonchev–Trinajstić information content (AvgIpc) is 2.69. The van der Waals surface area contributed by atoms with Gasteiger partial charge in [0, 0.05) is 18.0 Å². The maximum absolute atomic E-state index is 11.8. The van der Waals surface area contributed by atoms with Crippen LogP contribution in [0.3, 0.4) is 0 Å². The lowest BCUT2D eigenvalue weighted by atomic mass is 10.0. The lowest BCUT2D eigenvalue weighted by Crippen LogP contribution is -2.37. The van der Waals surface area contributed by atoms with E-state index in [1.165, 1.54) is 0 Å². The zero-order chi connectivity index (χ0) is 16.3. The highest BCUT2D eigenvalue weighted by Gasteiger charge is 2.32. The smallest absolute Gasteiger partial charge is 0.305 e. The van der Waals surface area contributed by atoms with Gasteiger partial charge >= 0.3 is 5.97 Å². The summed E-state index contributed by atoms with van der Waals surface area (Å²) >= 11 is 0. The Labute approximate surface area is 129 Å². The molecule has 1 atom stereocenters. The Kier molecular flexibility index (Phi) is 4.59. The van der Waals surface area contributed by atoms with E-state index in [4.69, 9.17) is 14.6 Å². The summed E-state index contributed by atoms with van der Waals surface area (Å²) < 4.78 is 11.4. The molecular formula is C16H21NO5. The molecule has 0 spiro atoms. The van der Waals surface area contributed by atoms with E-state index in [1.54, 1.807) is 13.0 Å². The number of ether oxygens (including phenoxy) is 2. The van der Waals surface area contributed by atoms with E-state index < -0.39 is 12.0 Å². The molecule has 6 nitrogen and oxygen atoms in total. The summed E-state index contributed by atoms with van der Waals surface area (Å²) in [4.78, 5) is 22.3. The third kappa shape index (κ3) is 4.13. The molecule has 0 radical (unpaired) electrons. The summed E-state index contributed by atoms with van der Waals surface area (Å²) in [6, 6.07) is 5.16. The van der Waals surface area contributed by atoms with Crippen LogP contribution in [-0.4, -0.2) is 35.2 Å². The lowest BCUT2D eigenvalue weighted by molar-refractivity contribution is -0.137. The molecule has 2 N–H and O–H groups in total. The molecule has 0 bridgehead atoms. The first kappa shape index (κ1) is 16.1. The van der Waals surface area contributed by atoms with Crippen LogP contribution in [0.15, 0.2) is 18.2 Å². The van der Waals surface area contributed by atoms with Gasteiger partial charge in [0.15, 0.2) is 18.1 Å². The molecule has 120 valence electrons. The molecule has 1 aliphatic heterocycles. The van der Waals surface area contributed by atoms with Gasteiger partial charge in [0.2, 0.25) is 0 Å². The van der Waals surface area contributed by atoms with E-state index in [0.717, 1.165) is 12.0 Å². The summed E-state index contributed by atoms with van der Waals surface area (Å²) in [5.41, 5.74) is 0.780. The minimum Gasteiger partial charge on any atom is -0.483 e. The van der Waals surface area contributed by atoms with Crippen molar-refractivity contribution in [1.82, 2.24) is 5.32 Å². The number of carbonyl (C=O) groups excluding carboxylic acids is 1. The third-order valence-electron chi connectivity index (χ3n) is 3.30. The van der Waals surface area contributed by atoms with Crippen molar-refractivity contribution in [2.24, 2.45) is 0 Å². The number of benzene rings is 1. The molecule has 1 aliphatic rings. The molecule has 0 aliphatic carbocycles. The molecule has 22 heavy (non-hydrogen) atoms. The number of rotatable bonds is 6. The molecule has 0 fully saturated rings. The Hall–Kier alpha value is -2.24. The molecular weight excluding hydrogens is 286 g/mol. The van der Waals surface area contributed by atoms with Gasteiger partial charge < -0.3 is 19.9 Å². The number of aliphatic carboxylic acids is 1. The molecule has 0 aromatic heterocycles. The van der Waals surface area contributed by atoms with Crippen molar-refractivity contribution in [2.45, 2.75) is 45.3 Å². The molecule has 0 saturated carbocycles. The molecule has 0 saturated heterocycles. The highest BCUT2D eigenvalue weighted by atomic mass is 16.5. The second-order valence-corrected chi connectivity index (χ2v) is 6.14. The number of nitrogens with one attached hydrogen (secondary N) is 1. The van der Waals surface area contributed by atoms with Gasteiger partial charge in [-0.1, -0.05) is 12.1 Å². The Morgan fingerprint density at radius 2 is 2.18 bits per heavy atom. The number of para-hydroxylation sites is 1. The largest absolute Gasteiger partial charge is 0.483 e. The van der Waals surface area contributed by atoms with E-state index >= 15 is 0 Å². The minimum atomic E-state index is -0.953. The van der Waals surface area contributed by atoms with E-state index in [9.17, 15) is 9.59 Å². The van der Waals surface area contributed by atoms with E-state index in [2.05, 4.69) is 5.32 Å². The van der Waals surface area contributed by atoms with E-state index in [1.807, 2.05) is 26.0 Å². The van der Waals surface area contributed by atoms with Gasteiger partial charge in [-0.2, -0.15) is 0 Å². The van der Waals surface area contributed by atoms with Gasteiger partial charge in [0.1, 0.15) is 5.60 Å². The number of hydrogen-bond acceptors (Lipinski definition) is 4. The monoisotopic (exact) mass is 307 g/mol. The van der Waals surface area contributed by atoms with Crippen LogP contribution in [-0.2, 0) is 16.0 Å². The lowest BCUT2D eigenvalue weighted by Gasteiger charge is -2.18. The number of carboxylic acids is 1. The van der Waals surface area contributed by atoms with Gasteiger partial charge in [-0.15, -0.1) is 0 Å². The van der Waals surface area contributed by atoms with E-state index in [-0.39, 0.29) is 24.5 Å². The van der Waals surface area contributed by atoms with Crippen molar-refractivity contribution in [2.75, 3.05) is 6.61 Å². The highest BCUT2D eigenvalue weighted by molar-refractivity contribution is 5.78. The summed E-state index contributed by atoms with van der Waals surface area (Å²) in [7, 11) is 0. The van der Waals surface area contributed by atoms with Crippen LogP contribution in [0.1, 0.15) is 32.8 Å². The summed E-state index contributed by atoms with van der Waals surface area (Å²) in [5.74, 6) is -0.100. The predicted octanol–water partition coefficient (Wildman–Crippen LogP) is 1.76. The zero-order valence-electron chi connectivity index (χ0n) is 13.0. The summed E-state index contributed by atoms with van der Waals surface area (Å²) in [5, 5.41) is 11.2. The second-order valence-electron chi connectivity index (χ2n) is 6.14. The molecule has 1 aromatic carbocycles. The first-order valence-corrected chi connectivity index (χ1v) is 7.22. The average molecular weight is 307 g/mol. The maximum atomic E-state index is 11.8. The van der Waals surface area contributed by atoms with Crippen LogP contribution in [0, 0.1) is 0 Å². The first-order valence-electron chi connectivity index (χ1n) is 7.22. The normalized spacial score (nSPS) is 16.3. The number of carbonyl (C=O) groups is 2. The second kappa shape index (κ2) is 6.25. The molecule has 2 rings (SSSR count). The quantitative estimate of drug-likeness (QED) is 0.836. The van der Waals surface area contributed by atoms with Crippen molar-refractivity contribution in [1.29, 1.82) is 0 Å². The highest BCUT2D eigenvalue weighted by Crippen LogP contribution is 2.41. The number of amides is 1. The standard InChI is InChI=1S/C16H21NO5/c1-10(7-14(19)20)17-13(18)9-21-12-6-4-5-11-8-16(2,3)22-15(11)12/h4-6,10H,7-9H2,1-3H3,(H,17,18)(H,19,20). The maximum Gasteiger partial charge on any atom is 0.305 e. The first-order chi connectivity index (χ1) is 10.3. The van der Waals surface area contributed by atoms with Crippen molar-refractivity contribution >= 4 is 11.9 Å². The molecule has 1 unspecified atom stereocenters. The fraction of sp³-hybridized carbons (Fsp3) is 0.500. The van der Waals surface area contributed by atoms with Crippen LogP contribution in [0.5, 0.6) is 11.5 Å². The number of fused-ring (bicyclic) bond motifs is 1. The topological polar surface area (TPSA) is 84.9 Å². The fourth-order valence-electron chi connectivity index (χ4n) is 2.47. The van der Waals surface area contributed by atoms with Crippen molar-refractivity contribution in [3.05, 3.63) is 23.8 Å². The van der Waals surface area contributed by atoms with Crippen LogP contribution in [0.2, 0.25) is 0 Å². The minimum absolute atomic E-state index is 0.121. The Balaban J connectivity index is 1.92. The van der Waals surface area contributed by atoms with Crippen molar-refractivity contribution in [3.8, 4) is 11.5 Å². The van der Waals surface area contributed by atoms with Crippen LogP contribution in [0.25, 0.3) is 0 Å². The predicted molar refractivity (Wildman–Crippen MR) is 80.2 cm³/mol. The molecule has 1 amide bonds. The molecule has 6 heteroatoms. The van der Waals surface area contributed by atoms with Crippen LogP contribution >= 0.6 is 0 Å². The zero-order valence-corrected chi connectivity index (χ0v) is 13.0. The van der Waals surface area contributed by atoms with Gasteiger partial charge in [0.25, 0.3) is 5.91 Å². The van der Waals surface area contributed by atoms with Gasteiger partial charge in [-0.3, -0.25) is 9.59 Å².